The van der Waals surface area contributed by atoms with Gasteiger partial charge in [-0.05, 0) is 42.3 Å². The summed E-state index contributed by atoms with van der Waals surface area (Å²) in [6.07, 6.45) is 6.61. The van der Waals surface area contributed by atoms with Crippen molar-refractivity contribution in [2.45, 2.75) is 31.9 Å². The molecule has 0 radical (unpaired) electrons. The Morgan fingerprint density at radius 2 is 1.90 bits per heavy atom. The Morgan fingerprint density at radius 3 is 2.56 bits per heavy atom. The van der Waals surface area contributed by atoms with Crippen LogP contribution < -0.4 is 15.4 Å². The molecule has 0 saturated carbocycles. The second kappa shape index (κ2) is 12.0. The highest BCUT2D eigenvalue weighted by molar-refractivity contribution is 5.95. The Morgan fingerprint density at radius 1 is 1.13 bits per heavy atom. The highest BCUT2D eigenvalue weighted by Crippen LogP contribution is 2.22. The highest BCUT2D eigenvalue weighted by Gasteiger charge is 2.23. The number of benzene rings is 2. The molecule has 1 heterocycles. The van der Waals surface area contributed by atoms with Crippen molar-refractivity contribution in [2.75, 3.05) is 26.0 Å². The van der Waals surface area contributed by atoms with Gasteiger partial charge in [0.2, 0.25) is 5.95 Å². The van der Waals surface area contributed by atoms with Gasteiger partial charge in [0, 0.05) is 44.4 Å². The Kier molecular flexibility index (Phi) is 8.48. The molecule has 2 N–H and O–H groups in total. The molecule has 11 heteroatoms. The molecule has 2 aromatic carbocycles. The van der Waals surface area contributed by atoms with Gasteiger partial charge in [-0.25, -0.2) is 13.2 Å². The van der Waals surface area contributed by atoms with E-state index in [2.05, 4.69) is 25.6 Å². The zero-order valence-corrected chi connectivity index (χ0v) is 21.8. The number of hydrogen-bond donors (Lipinski definition) is 2. The van der Waals surface area contributed by atoms with Crippen molar-refractivity contribution in [1.29, 1.82) is 0 Å². The van der Waals surface area contributed by atoms with Gasteiger partial charge in [0.05, 0.1) is 6.04 Å². The lowest BCUT2D eigenvalue weighted by Crippen LogP contribution is -2.34. The summed E-state index contributed by atoms with van der Waals surface area (Å²) in [5, 5.41) is 5.97. The molecule has 1 aromatic heterocycles. The Labute approximate surface area is 224 Å². The van der Waals surface area contributed by atoms with E-state index in [4.69, 9.17) is 4.74 Å². The number of halogens is 3. The molecule has 39 heavy (non-hydrogen) atoms. The normalized spacial score (nSPS) is 14.9. The number of nitrogens with zero attached hydrogens (tertiary/aromatic N) is 4. The topological polar surface area (TPSA) is 92.3 Å². The maximum Gasteiger partial charge on any atom is 0.322 e. The van der Waals surface area contributed by atoms with Crippen molar-refractivity contribution in [1.82, 2.24) is 25.2 Å². The van der Waals surface area contributed by atoms with E-state index in [1.54, 1.807) is 36.4 Å². The average Bonchev–Trinajstić information content (AvgIpc) is 2.91. The van der Waals surface area contributed by atoms with Crippen molar-refractivity contribution in [2.24, 2.45) is 0 Å². The fraction of sp³-hybridized carbons (Fsp3) is 0.286. The third kappa shape index (κ3) is 8.03. The van der Waals surface area contributed by atoms with Crippen molar-refractivity contribution in [3.63, 3.8) is 0 Å². The Hall–Kier alpha value is -4.41. The Balaban J connectivity index is 1.54. The van der Waals surface area contributed by atoms with E-state index in [1.165, 1.54) is 12.1 Å². The standard InChI is InChI=1S/C28H29F3N6O2/c1-28(30,31)17-39-27-35-24(34-26(36-27)32-16-18-7-9-21(29)10-8-18)19-5-4-6-20(15-19)25(38)33-22-11-13-23(14-12-22)37(2)3/h4-11,13-15,22H,12,16-17H2,1-3H3,(H,33,38)(H,32,34,35,36). The van der Waals surface area contributed by atoms with Crippen LogP contribution in [0.1, 0.15) is 29.3 Å². The quantitative estimate of drug-likeness (QED) is 0.382. The molecule has 0 saturated heterocycles. The molecule has 1 atom stereocenters. The summed E-state index contributed by atoms with van der Waals surface area (Å²) in [7, 11) is 3.91. The summed E-state index contributed by atoms with van der Waals surface area (Å²) in [6, 6.07) is 12.0. The lowest BCUT2D eigenvalue weighted by Gasteiger charge is -2.21. The molecule has 8 nitrogen and oxygen atoms in total. The molecule has 1 aliphatic carbocycles. The number of rotatable bonds is 10. The van der Waals surface area contributed by atoms with Gasteiger partial charge in [-0.2, -0.15) is 15.0 Å². The average molecular weight is 539 g/mol. The van der Waals surface area contributed by atoms with Crippen LogP contribution in [0.25, 0.3) is 11.4 Å². The van der Waals surface area contributed by atoms with Gasteiger partial charge in [0.25, 0.3) is 11.8 Å². The number of nitrogens with one attached hydrogen (secondary N) is 2. The first kappa shape index (κ1) is 27.6. The summed E-state index contributed by atoms with van der Waals surface area (Å²) >= 11 is 0. The molecule has 1 amide bonds. The second-order valence-corrected chi connectivity index (χ2v) is 9.38. The number of ether oxygens (including phenoxy) is 1. The predicted molar refractivity (Wildman–Crippen MR) is 142 cm³/mol. The maximum atomic E-state index is 13.4. The lowest BCUT2D eigenvalue weighted by molar-refractivity contribution is -0.0256. The third-order valence-corrected chi connectivity index (χ3v) is 5.73. The smallest absolute Gasteiger partial charge is 0.322 e. The number of likely N-dealkylation sites (N-methyl/N-ethyl adjacent to an activating group) is 1. The van der Waals surface area contributed by atoms with Crippen LogP contribution in [-0.2, 0) is 6.54 Å². The van der Waals surface area contributed by atoms with Crippen LogP contribution in [0.2, 0.25) is 0 Å². The fourth-order valence-corrected chi connectivity index (χ4v) is 3.70. The molecular formula is C28H29F3N6O2. The first-order valence-corrected chi connectivity index (χ1v) is 12.3. The molecule has 1 unspecified atom stereocenters. The molecule has 0 aliphatic heterocycles. The van der Waals surface area contributed by atoms with E-state index in [9.17, 15) is 18.0 Å². The van der Waals surface area contributed by atoms with Gasteiger partial charge in [-0.15, -0.1) is 0 Å². The van der Waals surface area contributed by atoms with E-state index in [1.807, 2.05) is 37.2 Å². The Bertz CT molecular complexity index is 1370. The number of carbonyl (C=O) groups excluding carboxylic acids is 1. The molecule has 204 valence electrons. The first-order chi connectivity index (χ1) is 18.6. The zero-order chi connectivity index (χ0) is 28.0. The van der Waals surface area contributed by atoms with E-state index >= 15 is 0 Å². The summed E-state index contributed by atoms with van der Waals surface area (Å²) < 4.78 is 45.2. The van der Waals surface area contributed by atoms with Gasteiger partial charge < -0.3 is 20.3 Å². The van der Waals surface area contributed by atoms with Gasteiger partial charge in [-0.1, -0.05) is 36.4 Å². The fourth-order valence-electron chi connectivity index (χ4n) is 3.70. The number of amides is 1. The lowest BCUT2D eigenvalue weighted by atomic mass is 10.0. The van der Waals surface area contributed by atoms with E-state index in [-0.39, 0.29) is 42.1 Å². The monoisotopic (exact) mass is 538 g/mol. The number of carbonyl (C=O) groups is 1. The number of aromatic nitrogens is 3. The van der Waals surface area contributed by atoms with Crippen molar-refractivity contribution >= 4 is 11.9 Å². The van der Waals surface area contributed by atoms with Crippen LogP contribution in [0.5, 0.6) is 6.01 Å². The minimum absolute atomic E-state index is 0.0735. The first-order valence-electron chi connectivity index (χ1n) is 12.3. The maximum absolute atomic E-state index is 13.4. The molecule has 3 aromatic rings. The summed E-state index contributed by atoms with van der Waals surface area (Å²) in [4.78, 5) is 27.6. The van der Waals surface area contributed by atoms with Crippen LogP contribution in [0.15, 0.2) is 72.5 Å². The SMILES string of the molecule is CN(C)C1=CCC(NC(=O)c2cccc(-c3nc(NCc4ccc(F)cc4)nc(OCC(C)(F)F)n3)c2)C=C1. The van der Waals surface area contributed by atoms with E-state index in [0.29, 0.717) is 17.5 Å². The molecule has 0 bridgehead atoms. The second-order valence-electron chi connectivity index (χ2n) is 9.38. The van der Waals surface area contributed by atoms with Crippen LogP contribution >= 0.6 is 0 Å². The van der Waals surface area contributed by atoms with Crippen molar-refractivity contribution in [3.8, 4) is 17.4 Å². The number of allylic oxidation sites excluding steroid dienone is 1. The summed E-state index contributed by atoms with van der Waals surface area (Å²) in [5.74, 6) is -3.53. The number of hydrogen-bond acceptors (Lipinski definition) is 7. The van der Waals surface area contributed by atoms with E-state index < -0.39 is 12.5 Å². The van der Waals surface area contributed by atoms with Gasteiger partial charge in [-0.3, -0.25) is 4.79 Å². The molecule has 0 fully saturated rings. The van der Waals surface area contributed by atoms with Crippen molar-refractivity contribution < 1.29 is 22.7 Å². The minimum atomic E-state index is -3.09. The van der Waals surface area contributed by atoms with Gasteiger partial charge >= 0.3 is 6.01 Å². The molecule has 4 rings (SSSR count). The summed E-state index contributed by atoms with van der Waals surface area (Å²) in [5.41, 5.74) is 2.67. The third-order valence-electron chi connectivity index (χ3n) is 5.73. The van der Waals surface area contributed by atoms with Crippen LogP contribution in [0.4, 0.5) is 19.1 Å². The van der Waals surface area contributed by atoms with Crippen LogP contribution in [0, 0.1) is 5.82 Å². The van der Waals surface area contributed by atoms with Crippen LogP contribution in [-0.4, -0.2) is 58.4 Å². The van der Waals surface area contributed by atoms with Crippen molar-refractivity contribution in [3.05, 3.63) is 89.4 Å². The largest absolute Gasteiger partial charge is 0.457 e. The zero-order valence-electron chi connectivity index (χ0n) is 21.8. The minimum Gasteiger partial charge on any atom is -0.457 e. The predicted octanol–water partition coefficient (Wildman–Crippen LogP) is 4.83. The van der Waals surface area contributed by atoms with Gasteiger partial charge in [0.1, 0.15) is 5.82 Å². The van der Waals surface area contributed by atoms with Gasteiger partial charge in [0.15, 0.2) is 12.4 Å². The molecule has 1 aliphatic rings. The number of alkyl halides is 2. The van der Waals surface area contributed by atoms with E-state index in [0.717, 1.165) is 18.2 Å². The summed E-state index contributed by atoms with van der Waals surface area (Å²) in [6.45, 7) is 0.0487. The molecule has 0 spiro atoms. The molecular weight excluding hydrogens is 509 g/mol. The number of anilines is 1. The van der Waals surface area contributed by atoms with Crippen LogP contribution in [0.3, 0.4) is 0 Å². The highest BCUT2D eigenvalue weighted by atomic mass is 19.3.